The van der Waals surface area contributed by atoms with Crippen molar-refractivity contribution in [3.63, 3.8) is 0 Å². The van der Waals surface area contributed by atoms with Gasteiger partial charge in [-0.25, -0.2) is 14.0 Å². The summed E-state index contributed by atoms with van der Waals surface area (Å²) in [5.41, 5.74) is 1.69. The molecule has 10 nitrogen and oxygen atoms in total. The van der Waals surface area contributed by atoms with Crippen molar-refractivity contribution in [3.8, 4) is 11.5 Å². The number of ether oxygens (including phenoxy) is 3. The molecular weight excluding hydrogens is 463 g/mol. The second kappa shape index (κ2) is 12.7. The van der Waals surface area contributed by atoms with Gasteiger partial charge in [0.05, 0.1) is 13.2 Å². The number of benzene rings is 2. The topological polar surface area (TPSA) is 135 Å². The van der Waals surface area contributed by atoms with E-state index in [2.05, 4.69) is 10.2 Å². The molecule has 0 aromatic heterocycles. The number of carboxylic acid groups (broad SMARTS) is 2. The van der Waals surface area contributed by atoms with Crippen LogP contribution in [0.3, 0.4) is 0 Å². The van der Waals surface area contributed by atoms with Crippen LogP contribution in [0.5, 0.6) is 11.5 Å². The van der Waals surface area contributed by atoms with Crippen LogP contribution in [0.4, 0.5) is 10.1 Å². The third-order valence-electron chi connectivity index (χ3n) is 5.45. The predicted octanol–water partition coefficient (Wildman–Crippen LogP) is 2.58. The van der Waals surface area contributed by atoms with Crippen molar-refractivity contribution in [1.29, 1.82) is 0 Å². The number of nitrogens with one attached hydrogen (secondary N) is 1. The van der Waals surface area contributed by atoms with E-state index in [0.29, 0.717) is 42.9 Å². The zero-order valence-corrected chi connectivity index (χ0v) is 18.9. The average Bonchev–Trinajstić information content (AvgIpc) is 3.30. The molecule has 1 fully saturated rings. The summed E-state index contributed by atoms with van der Waals surface area (Å²) in [7, 11) is 0. The van der Waals surface area contributed by atoms with Crippen LogP contribution < -0.4 is 14.8 Å². The Morgan fingerprint density at radius 3 is 2.31 bits per heavy atom. The molecule has 0 spiro atoms. The number of rotatable bonds is 7. The van der Waals surface area contributed by atoms with Crippen molar-refractivity contribution in [1.82, 2.24) is 4.90 Å². The van der Waals surface area contributed by atoms with Crippen LogP contribution in [0.15, 0.2) is 42.5 Å². The van der Waals surface area contributed by atoms with Crippen LogP contribution >= 0.6 is 0 Å². The Balaban J connectivity index is 0.000000509. The van der Waals surface area contributed by atoms with Crippen LogP contribution in [0.25, 0.3) is 0 Å². The minimum absolute atomic E-state index is 0.0325. The molecule has 0 aliphatic carbocycles. The summed E-state index contributed by atoms with van der Waals surface area (Å²) in [5, 5.41) is 17.7. The Morgan fingerprint density at radius 1 is 1.00 bits per heavy atom. The number of carboxylic acids is 2. The molecule has 2 heterocycles. The largest absolute Gasteiger partial charge is 0.473 e. The van der Waals surface area contributed by atoms with E-state index in [-0.39, 0.29) is 18.5 Å². The van der Waals surface area contributed by atoms with Gasteiger partial charge in [-0.15, -0.1) is 0 Å². The number of aliphatic carboxylic acids is 2. The van der Waals surface area contributed by atoms with Gasteiger partial charge in [0.1, 0.15) is 5.82 Å². The number of fused-ring (bicyclic) bond motifs is 1. The smallest absolute Gasteiger partial charge is 0.414 e. The third kappa shape index (κ3) is 8.54. The highest BCUT2D eigenvalue weighted by molar-refractivity contribution is 6.27. The first kappa shape index (κ1) is 25.9. The first-order valence-electron chi connectivity index (χ1n) is 11.0. The number of hydrogen-bond acceptors (Lipinski definition) is 7. The second-order valence-corrected chi connectivity index (χ2v) is 8.09. The zero-order chi connectivity index (χ0) is 25.2. The van der Waals surface area contributed by atoms with Gasteiger partial charge in [-0.2, -0.15) is 0 Å². The molecular formula is C24H27FN2O8. The number of amides is 1. The van der Waals surface area contributed by atoms with Crippen molar-refractivity contribution in [2.24, 2.45) is 5.92 Å². The van der Waals surface area contributed by atoms with Gasteiger partial charge in [0.25, 0.3) is 0 Å². The summed E-state index contributed by atoms with van der Waals surface area (Å²) in [6.45, 7) is 3.53. The monoisotopic (exact) mass is 490 g/mol. The van der Waals surface area contributed by atoms with Gasteiger partial charge in [0.2, 0.25) is 12.7 Å². The van der Waals surface area contributed by atoms with E-state index in [1.54, 1.807) is 24.3 Å². The fraction of sp³-hybridized carbons (Fsp3) is 0.375. The maximum atomic E-state index is 12.9. The van der Waals surface area contributed by atoms with Crippen molar-refractivity contribution in [3.05, 3.63) is 53.8 Å². The predicted molar refractivity (Wildman–Crippen MR) is 122 cm³/mol. The number of halogens is 1. The maximum absolute atomic E-state index is 12.9. The van der Waals surface area contributed by atoms with Crippen molar-refractivity contribution in [2.75, 3.05) is 38.4 Å². The van der Waals surface area contributed by atoms with Gasteiger partial charge >= 0.3 is 11.9 Å². The highest BCUT2D eigenvalue weighted by Gasteiger charge is 2.21. The van der Waals surface area contributed by atoms with Gasteiger partial charge in [0.15, 0.2) is 11.5 Å². The van der Waals surface area contributed by atoms with E-state index in [1.165, 1.54) is 12.1 Å². The first-order valence-corrected chi connectivity index (χ1v) is 11.0. The molecule has 0 saturated carbocycles. The molecule has 0 radical (unpaired) electrons. The summed E-state index contributed by atoms with van der Waals surface area (Å²) in [5.74, 6) is -2.07. The lowest BCUT2D eigenvalue weighted by Gasteiger charge is -2.31. The zero-order valence-electron chi connectivity index (χ0n) is 18.9. The van der Waals surface area contributed by atoms with Gasteiger partial charge < -0.3 is 29.7 Å². The van der Waals surface area contributed by atoms with Crippen molar-refractivity contribution >= 4 is 23.5 Å². The van der Waals surface area contributed by atoms with E-state index in [4.69, 9.17) is 34.0 Å². The molecule has 11 heteroatoms. The van der Waals surface area contributed by atoms with E-state index >= 15 is 0 Å². The highest BCUT2D eigenvalue weighted by atomic mass is 19.1. The first-order chi connectivity index (χ1) is 16.8. The molecule has 35 heavy (non-hydrogen) atoms. The highest BCUT2D eigenvalue weighted by Crippen LogP contribution is 2.34. The SMILES string of the molecule is O=C(CN1CCC(COCc2ccc(F)cc2)CC1)Nc1ccc2c(c1)OCO2.O=C(O)C(=O)O. The Hall–Kier alpha value is -3.70. The molecule has 0 bridgehead atoms. The Morgan fingerprint density at radius 2 is 1.66 bits per heavy atom. The number of carbonyl (C=O) groups is 3. The number of nitrogens with zero attached hydrogens (tertiary/aromatic N) is 1. The normalized spacial score (nSPS) is 15.1. The molecule has 2 aliphatic rings. The van der Waals surface area contributed by atoms with E-state index in [1.807, 2.05) is 6.07 Å². The van der Waals surface area contributed by atoms with E-state index in [0.717, 1.165) is 31.5 Å². The molecule has 1 amide bonds. The summed E-state index contributed by atoms with van der Waals surface area (Å²) in [4.78, 5) is 32.7. The lowest BCUT2D eigenvalue weighted by Crippen LogP contribution is -2.40. The van der Waals surface area contributed by atoms with Gasteiger partial charge in [-0.05, 0) is 61.7 Å². The number of carbonyl (C=O) groups excluding carboxylic acids is 1. The molecule has 188 valence electrons. The minimum atomic E-state index is -1.82. The molecule has 2 aliphatic heterocycles. The van der Waals surface area contributed by atoms with Gasteiger partial charge in [-0.1, -0.05) is 12.1 Å². The Labute approximate surface area is 201 Å². The number of anilines is 1. The van der Waals surface area contributed by atoms with Crippen LogP contribution in [0.2, 0.25) is 0 Å². The summed E-state index contributed by atoms with van der Waals surface area (Å²) in [6.07, 6.45) is 2.00. The van der Waals surface area contributed by atoms with Crippen LogP contribution in [0, 0.1) is 11.7 Å². The Kier molecular flexibility index (Phi) is 9.39. The van der Waals surface area contributed by atoms with Gasteiger partial charge in [-0.3, -0.25) is 9.69 Å². The molecule has 4 rings (SSSR count). The van der Waals surface area contributed by atoms with E-state index in [9.17, 15) is 9.18 Å². The van der Waals surface area contributed by atoms with Crippen LogP contribution in [0.1, 0.15) is 18.4 Å². The number of hydrogen-bond donors (Lipinski definition) is 3. The molecule has 0 unspecified atom stereocenters. The molecule has 3 N–H and O–H groups in total. The van der Waals surface area contributed by atoms with Crippen molar-refractivity contribution in [2.45, 2.75) is 19.4 Å². The lowest BCUT2D eigenvalue weighted by atomic mass is 9.98. The van der Waals surface area contributed by atoms with E-state index < -0.39 is 11.9 Å². The molecule has 2 aromatic carbocycles. The fourth-order valence-electron chi connectivity index (χ4n) is 3.61. The average molecular weight is 490 g/mol. The van der Waals surface area contributed by atoms with Crippen LogP contribution in [-0.2, 0) is 25.7 Å². The summed E-state index contributed by atoms with van der Waals surface area (Å²) in [6, 6.07) is 11.8. The molecule has 0 atom stereocenters. The fourth-order valence-corrected chi connectivity index (χ4v) is 3.61. The summed E-state index contributed by atoms with van der Waals surface area (Å²) >= 11 is 0. The standard InChI is InChI=1S/C22H25FN2O4.C2H2O4/c23-18-3-1-16(2-4-18)13-27-14-17-7-9-25(10-8-17)12-22(26)24-19-5-6-20-21(11-19)29-15-28-20;3-1(4)2(5)6/h1-6,11,17H,7-10,12-15H2,(H,24,26);(H,3,4)(H,5,6). The lowest BCUT2D eigenvalue weighted by molar-refractivity contribution is -0.159. The number of likely N-dealkylation sites (tertiary alicyclic amines) is 1. The Bertz CT molecular complexity index is 1010. The van der Waals surface area contributed by atoms with Crippen molar-refractivity contribution < 1.29 is 43.2 Å². The number of piperidine rings is 1. The molecule has 2 aromatic rings. The van der Waals surface area contributed by atoms with Crippen LogP contribution in [-0.4, -0.2) is 66.0 Å². The second-order valence-electron chi connectivity index (χ2n) is 8.09. The maximum Gasteiger partial charge on any atom is 0.414 e. The third-order valence-corrected chi connectivity index (χ3v) is 5.45. The summed E-state index contributed by atoms with van der Waals surface area (Å²) < 4.78 is 29.3. The van der Waals surface area contributed by atoms with Gasteiger partial charge in [0, 0.05) is 18.4 Å². The minimum Gasteiger partial charge on any atom is -0.473 e. The molecule has 1 saturated heterocycles. The quantitative estimate of drug-likeness (QED) is 0.501.